The number of amides is 2. The summed E-state index contributed by atoms with van der Waals surface area (Å²) in [5, 5.41) is 2.74. The van der Waals surface area contributed by atoms with Crippen LogP contribution in [0, 0.1) is 5.82 Å². The maximum absolute atomic E-state index is 14.0. The first-order chi connectivity index (χ1) is 19.2. The highest BCUT2D eigenvalue weighted by molar-refractivity contribution is 7.92. The van der Waals surface area contributed by atoms with Gasteiger partial charge in [-0.15, -0.1) is 0 Å². The smallest absolute Gasteiger partial charge is 0.264 e. The lowest BCUT2D eigenvalue weighted by molar-refractivity contribution is -0.140. The Bertz CT molecular complexity index is 1400. The molecule has 2 amide bonds. The molecule has 3 aromatic carbocycles. The fraction of sp³-hybridized carbons (Fsp3) is 0.310. The number of nitrogens with one attached hydrogen (secondary N) is 1. The van der Waals surface area contributed by atoms with Crippen molar-refractivity contribution in [1.82, 2.24) is 10.2 Å². The Morgan fingerprint density at radius 2 is 1.57 bits per heavy atom. The van der Waals surface area contributed by atoms with E-state index in [2.05, 4.69) is 5.32 Å². The van der Waals surface area contributed by atoms with Crippen molar-refractivity contribution in [3.05, 3.63) is 84.2 Å². The Balaban J connectivity index is 2.10. The summed E-state index contributed by atoms with van der Waals surface area (Å²) in [6.07, 6.45) is 0.278. The average Bonchev–Trinajstić information content (AvgIpc) is 2.96. The Hall–Kier alpha value is -4.12. The zero-order chi connectivity index (χ0) is 29.3. The number of carbonyl (C=O) groups is 2. The minimum Gasteiger partial charge on any atom is -0.493 e. The number of likely N-dealkylation sites (N-methyl/N-ethyl adjacent to an activating group) is 1. The van der Waals surface area contributed by atoms with Gasteiger partial charge in [-0.25, -0.2) is 12.8 Å². The summed E-state index contributed by atoms with van der Waals surface area (Å²) >= 11 is 0. The summed E-state index contributed by atoms with van der Waals surface area (Å²) in [5.41, 5.74) is 0.753. The highest BCUT2D eigenvalue weighted by Crippen LogP contribution is 2.34. The van der Waals surface area contributed by atoms with Gasteiger partial charge in [0.2, 0.25) is 11.8 Å². The molecule has 0 radical (unpaired) electrons. The first-order valence-corrected chi connectivity index (χ1v) is 14.2. The minimum absolute atomic E-state index is 0.0153. The summed E-state index contributed by atoms with van der Waals surface area (Å²) in [4.78, 5) is 28.2. The number of sulfonamides is 1. The second-order valence-electron chi connectivity index (χ2n) is 8.83. The van der Waals surface area contributed by atoms with E-state index >= 15 is 0 Å². The van der Waals surface area contributed by atoms with Crippen LogP contribution in [0.3, 0.4) is 0 Å². The number of hydrogen-bond acceptors (Lipinski definition) is 6. The normalized spacial score (nSPS) is 11.8. The maximum atomic E-state index is 14.0. The number of benzene rings is 3. The highest BCUT2D eigenvalue weighted by atomic mass is 32.2. The van der Waals surface area contributed by atoms with Crippen molar-refractivity contribution in [2.24, 2.45) is 0 Å². The molecule has 0 heterocycles. The fourth-order valence-corrected chi connectivity index (χ4v) is 5.65. The molecule has 214 valence electrons. The second kappa shape index (κ2) is 13.8. The first kappa shape index (κ1) is 30.4. The third-order valence-corrected chi connectivity index (χ3v) is 8.06. The van der Waals surface area contributed by atoms with Crippen molar-refractivity contribution < 1.29 is 31.9 Å². The Kier molecular flexibility index (Phi) is 10.5. The molecular formula is C29H34FN3O6S. The summed E-state index contributed by atoms with van der Waals surface area (Å²) < 4.78 is 53.0. The number of ether oxygens (including phenoxy) is 2. The Morgan fingerprint density at radius 3 is 2.15 bits per heavy atom. The molecule has 0 aliphatic rings. The van der Waals surface area contributed by atoms with E-state index < -0.39 is 34.3 Å². The third kappa shape index (κ3) is 7.09. The van der Waals surface area contributed by atoms with Crippen LogP contribution in [0.4, 0.5) is 10.1 Å². The van der Waals surface area contributed by atoms with Gasteiger partial charge >= 0.3 is 0 Å². The molecule has 40 heavy (non-hydrogen) atoms. The molecule has 1 N–H and O–H groups in total. The molecule has 1 atom stereocenters. The predicted octanol–water partition coefficient (Wildman–Crippen LogP) is 3.98. The SMILES string of the molecule is CCNC(=O)[C@H](CC)N(Cc1ccc(F)cc1)C(=O)CN(c1ccc(OC)c(OC)c1)S(=O)(=O)c1ccccc1. The molecule has 0 saturated carbocycles. The second-order valence-corrected chi connectivity index (χ2v) is 10.7. The molecule has 0 bridgehead atoms. The van der Waals surface area contributed by atoms with Crippen molar-refractivity contribution in [2.45, 2.75) is 37.8 Å². The van der Waals surface area contributed by atoms with Crippen LogP contribution in [0.25, 0.3) is 0 Å². The van der Waals surface area contributed by atoms with Gasteiger partial charge in [0, 0.05) is 19.2 Å². The van der Waals surface area contributed by atoms with E-state index in [1.54, 1.807) is 38.1 Å². The van der Waals surface area contributed by atoms with Gasteiger partial charge in [0.05, 0.1) is 24.8 Å². The van der Waals surface area contributed by atoms with Crippen LogP contribution in [0.2, 0.25) is 0 Å². The van der Waals surface area contributed by atoms with Crippen molar-refractivity contribution in [3.63, 3.8) is 0 Å². The largest absolute Gasteiger partial charge is 0.493 e. The van der Waals surface area contributed by atoms with E-state index in [1.807, 2.05) is 0 Å². The van der Waals surface area contributed by atoms with Gasteiger partial charge < -0.3 is 19.7 Å². The van der Waals surface area contributed by atoms with Gasteiger partial charge in [-0.05, 0) is 55.3 Å². The van der Waals surface area contributed by atoms with Crippen molar-refractivity contribution >= 4 is 27.5 Å². The van der Waals surface area contributed by atoms with Crippen LogP contribution in [0.15, 0.2) is 77.7 Å². The predicted molar refractivity (Wildman–Crippen MR) is 150 cm³/mol. The van der Waals surface area contributed by atoms with Gasteiger partial charge in [-0.2, -0.15) is 0 Å². The minimum atomic E-state index is -4.23. The van der Waals surface area contributed by atoms with E-state index in [1.165, 1.54) is 67.7 Å². The topological polar surface area (TPSA) is 105 Å². The molecule has 0 aliphatic heterocycles. The van der Waals surface area contributed by atoms with Crippen LogP contribution in [-0.2, 0) is 26.2 Å². The number of methoxy groups -OCH3 is 2. The Labute approximate surface area is 234 Å². The van der Waals surface area contributed by atoms with Crippen LogP contribution in [-0.4, -0.2) is 58.5 Å². The van der Waals surface area contributed by atoms with Crippen LogP contribution < -0.4 is 19.1 Å². The quantitative estimate of drug-likeness (QED) is 0.333. The molecule has 3 rings (SSSR count). The summed E-state index contributed by atoms with van der Waals surface area (Å²) in [7, 11) is -1.35. The lowest BCUT2D eigenvalue weighted by atomic mass is 10.1. The molecule has 0 aliphatic carbocycles. The molecule has 0 fully saturated rings. The highest BCUT2D eigenvalue weighted by Gasteiger charge is 2.34. The van der Waals surface area contributed by atoms with Gasteiger partial charge in [0.25, 0.3) is 10.0 Å². The molecule has 0 aromatic heterocycles. The van der Waals surface area contributed by atoms with Crippen LogP contribution in [0.1, 0.15) is 25.8 Å². The van der Waals surface area contributed by atoms with Crippen LogP contribution in [0.5, 0.6) is 11.5 Å². The number of hydrogen-bond donors (Lipinski definition) is 1. The van der Waals surface area contributed by atoms with Gasteiger partial charge in [0.15, 0.2) is 11.5 Å². The van der Waals surface area contributed by atoms with E-state index in [0.717, 1.165) is 4.31 Å². The zero-order valence-electron chi connectivity index (χ0n) is 23.0. The molecule has 9 nitrogen and oxygen atoms in total. The molecule has 11 heteroatoms. The molecule has 0 spiro atoms. The lowest BCUT2D eigenvalue weighted by Gasteiger charge is -2.33. The van der Waals surface area contributed by atoms with E-state index in [4.69, 9.17) is 9.47 Å². The molecule has 0 unspecified atom stereocenters. The number of anilines is 1. The average molecular weight is 572 g/mol. The standard InChI is InChI=1S/C29H34FN3O6S/c1-5-25(29(35)31-6-2)32(19-21-12-14-22(30)15-13-21)28(34)20-33(40(36,37)24-10-8-7-9-11-24)23-16-17-26(38-3)27(18-23)39-4/h7-18,25H,5-6,19-20H2,1-4H3,(H,31,35)/t25-/m0/s1. The van der Waals surface area contributed by atoms with Crippen molar-refractivity contribution in [1.29, 1.82) is 0 Å². The molecule has 0 saturated heterocycles. The van der Waals surface area contributed by atoms with Gasteiger partial charge in [0.1, 0.15) is 18.4 Å². The van der Waals surface area contributed by atoms with Gasteiger partial charge in [-0.1, -0.05) is 37.3 Å². The lowest BCUT2D eigenvalue weighted by Crippen LogP contribution is -2.52. The van der Waals surface area contributed by atoms with Crippen LogP contribution >= 0.6 is 0 Å². The first-order valence-electron chi connectivity index (χ1n) is 12.8. The Morgan fingerprint density at radius 1 is 0.925 bits per heavy atom. The summed E-state index contributed by atoms with van der Waals surface area (Å²) in [6.45, 7) is 3.25. The fourth-order valence-electron chi connectivity index (χ4n) is 4.23. The zero-order valence-corrected chi connectivity index (χ0v) is 23.8. The van der Waals surface area contributed by atoms with Gasteiger partial charge in [-0.3, -0.25) is 13.9 Å². The summed E-state index contributed by atoms with van der Waals surface area (Å²) in [5.74, 6) is -0.765. The number of rotatable bonds is 13. The van der Waals surface area contributed by atoms with E-state index in [9.17, 15) is 22.4 Å². The van der Waals surface area contributed by atoms with Crippen molar-refractivity contribution in [3.8, 4) is 11.5 Å². The summed E-state index contributed by atoms with van der Waals surface area (Å²) in [6, 6.07) is 17.0. The third-order valence-electron chi connectivity index (χ3n) is 6.27. The molecular weight excluding hydrogens is 537 g/mol. The number of halogens is 1. The maximum Gasteiger partial charge on any atom is 0.264 e. The monoisotopic (exact) mass is 571 g/mol. The van der Waals surface area contributed by atoms with E-state index in [-0.39, 0.29) is 35.2 Å². The van der Waals surface area contributed by atoms with Crippen molar-refractivity contribution in [2.75, 3.05) is 31.6 Å². The van der Waals surface area contributed by atoms with E-state index in [0.29, 0.717) is 17.9 Å². The number of nitrogens with zero attached hydrogens (tertiary/aromatic N) is 2. The molecule has 3 aromatic rings. The number of carbonyl (C=O) groups excluding carboxylic acids is 2.